The van der Waals surface area contributed by atoms with Gasteiger partial charge in [-0.05, 0) is 31.9 Å². The van der Waals surface area contributed by atoms with E-state index in [0.29, 0.717) is 31.4 Å². The molecule has 1 aliphatic carbocycles. The average Bonchev–Trinajstić information content (AvgIpc) is 2.09. The van der Waals surface area contributed by atoms with Gasteiger partial charge in [-0.15, -0.1) is 0 Å². The van der Waals surface area contributed by atoms with Crippen molar-refractivity contribution >= 4 is 17.7 Å². The Morgan fingerprint density at radius 3 is 2.46 bits per heavy atom. The predicted octanol–water partition coefficient (Wildman–Crippen LogP) is 1.36. The zero-order valence-electron chi connectivity index (χ0n) is 7.82. The lowest BCUT2D eigenvalue weighted by Gasteiger charge is -2.34. The Morgan fingerprint density at radius 2 is 2.08 bits per heavy atom. The summed E-state index contributed by atoms with van der Waals surface area (Å²) in [5.74, 6) is -0.0385. The Bertz CT molecular complexity index is 185. The molecule has 0 spiro atoms. The van der Waals surface area contributed by atoms with E-state index in [9.17, 15) is 9.90 Å². The summed E-state index contributed by atoms with van der Waals surface area (Å²) in [6.07, 6.45) is 4.14. The Hall–Kier alpha value is -0.220. The van der Waals surface area contributed by atoms with E-state index in [1.54, 1.807) is 11.8 Å². The van der Waals surface area contributed by atoms with E-state index in [4.69, 9.17) is 5.11 Å². The highest BCUT2D eigenvalue weighted by Gasteiger charge is 2.41. The van der Waals surface area contributed by atoms with Crippen molar-refractivity contribution in [1.82, 2.24) is 0 Å². The molecule has 2 N–H and O–H groups in total. The molecule has 0 saturated heterocycles. The third-order valence-electron chi connectivity index (χ3n) is 2.79. The van der Waals surface area contributed by atoms with Crippen LogP contribution in [0.25, 0.3) is 0 Å². The predicted molar refractivity (Wildman–Crippen MR) is 52.9 cm³/mol. The van der Waals surface area contributed by atoms with E-state index in [0.717, 1.165) is 0 Å². The second kappa shape index (κ2) is 4.33. The number of aliphatic hydroxyl groups is 1. The first-order valence-corrected chi connectivity index (χ1v) is 5.90. The van der Waals surface area contributed by atoms with Gasteiger partial charge >= 0.3 is 5.97 Å². The molecule has 13 heavy (non-hydrogen) atoms. The van der Waals surface area contributed by atoms with Crippen molar-refractivity contribution in [2.45, 2.75) is 31.8 Å². The SMILES string of the molecule is CSCC1(C(=O)O)CCC(O)CC1. The molecule has 76 valence electrons. The van der Waals surface area contributed by atoms with Crippen molar-refractivity contribution in [2.24, 2.45) is 5.41 Å². The lowest BCUT2D eigenvalue weighted by atomic mass is 9.74. The molecule has 0 amide bonds. The minimum absolute atomic E-state index is 0.283. The third-order valence-corrected chi connectivity index (χ3v) is 3.63. The topological polar surface area (TPSA) is 57.5 Å². The lowest BCUT2D eigenvalue weighted by Crippen LogP contribution is -2.38. The number of thioether (sulfide) groups is 1. The highest BCUT2D eigenvalue weighted by atomic mass is 32.2. The first-order valence-electron chi connectivity index (χ1n) is 4.51. The summed E-state index contributed by atoms with van der Waals surface area (Å²) in [6, 6.07) is 0. The molecule has 1 fully saturated rings. The van der Waals surface area contributed by atoms with Crippen molar-refractivity contribution in [3.63, 3.8) is 0 Å². The molecular weight excluding hydrogens is 188 g/mol. The zero-order valence-corrected chi connectivity index (χ0v) is 8.64. The van der Waals surface area contributed by atoms with Gasteiger partial charge < -0.3 is 10.2 Å². The van der Waals surface area contributed by atoms with Gasteiger partial charge in [0, 0.05) is 5.75 Å². The smallest absolute Gasteiger partial charge is 0.310 e. The number of carbonyl (C=O) groups is 1. The van der Waals surface area contributed by atoms with Gasteiger partial charge in [0.15, 0.2) is 0 Å². The molecule has 1 saturated carbocycles. The van der Waals surface area contributed by atoms with Gasteiger partial charge in [0.25, 0.3) is 0 Å². The molecule has 0 aliphatic heterocycles. The molecule has 0 radical (unpaired) electrons. The standard InChI is InChI=1S/C9H16O3S/c1-13-6-9(8(11)12)4-2-7(10)3-5-9/h7,10H,2-6H2,1H3,(H,11,12). The van der Waals surface area contributed by atoms with Gasteiger partial charge in [-0.3, -0.25) is 4.79 Å². The lowest BCUT2D eigenvalue weighted by molar-refractivity contribution is -0.150. The first-order chi connectivity index (χ1) is 6.10. The number of aliphatic hydroxyl groups excluding tert-OH is 1. The summed E-state index contributed by atoms with van der Waals surface area (Å²) >= 11 is 1.57. The fourth-order valence-electron chi connectivity index (χ4n) is 1.85. The summed E-state index contributed by atoms with van der Waals surface area (Å²) < 4.78 is 0. The maximum atomic E-state index is 11.1. The molecule has 1 rings (SSSR count). The van der Waals surface area contributed by atoms with Crippen molar-refractivity contribution in [3.05, 3.63) is 0 Å². The first kappa shape index (κ1) is 10.9. The molecule has 0 aromatic rings. The van der Waals surface area contributed by atoms with E-state index in [1.807, 2.05) is 6.26 Å². The van der Waals surface area contributed by atoms with Crippen LogP contribution in [0.5, 0.6) is 0 Å². The van der Waals surface area contributed by atoms with Gasteiger partial charge in [0.05, 0.1) is 11.5 Å². The van der Waals surface area contributed by atoms with E-state index in [-0.39, 0.29) is 6.10 Å². The molecule has 1 aliphatic rings. The van der Waals surface area contributed by atoms with Crippen LogP contribution in [0.3, 0.4) is 0 Å². The second-order valence-corrected chi connectivity index (χ2v) is 4.62. The maximum absolute atomic E-state index is 11.1. The van der Waals surface area contributed by atoms with Crippen LogP contribution >= 0.6 is 11.8 Å². The molecule has 0 aromatic heterocycles. The van der Waals surface area contributed by atoms with Crippen LogP contribution in [-0.4, -0.2) is 34.3 Å². The van der Waals surface area contributed by atoms with Crippen molar-refractivity contribution < 1.29 is 15.0 Å². The van der Waals surface area contributed by atoms with E-state index in [2.05, 4.69) is 0 Å². The number of hydrogen-bond acceptors (Lipinski definition) is 3. The fraction of sp³-hybridized carbons (Fsp3) is 0.889. The summed E-state index contributed by atoms with van der Waals surface area (Å²) in [5, 5.41) is 18.4. The molecule has 0 bridgehead atoms. The van der Waals surface area contributed by atoms with Crippen LogP contribution in [0.4, 0.5) is 0 Å². The summed E-state index contributed by atoms with van der Waals surface area (Å²) in [4.78, 5) is 11.1. The van der Waals surface area contributed by atoms with Crippen LogP contribution in [-0.2, 0) is 4.79 Å². The second-order valence-electron chi connectivity index (χ2n) is 3.75. The molecule has 0 heterocycles. The van der Waals surface area contributed by atoms with Crippen LogP contribution < -0.4 is 0 Å². The number of rotatable bonds is 3. The number of carboxylic acid groups (broad SMARTS) is 1. The van der Waals surface area contributed by atoms with Crippen LogP contribution in [0.15, 0.2) is 0 Å². The molecular formula is C9H16O3S. The molecule has 0 atom stereocenters. The van der Waals surface area contributed by atoms with E-state index in [1.165, 1.54) is 0 Å². The Morgan fingerprint density at radius 1 is 1.54 bits per heavy atom. The minimum Gasteiger partial charge on any atom is -0.481 e. The Labute approximate surface area is 82.5 Å². The van der Waals surface area contributed by atoms with E-state index >= 15 is 0 Å². The quantitative estimate of drug-likeness (QED) is 0.728. The number of hydrogen-bond donors (Lipinski definition) is 2. The van der Waals surface area contributed by atoms with Crippen LogP contribution in [0, 0.1) is 5.41 Å². The third kappa shape index (κ3) is 2.38. The van der Waals surface area contributed by atoms with Gasteiger partial charge in [0.1, 0.15) is 0 Å². The number of aliphatic carboxylic acids is 1. The summed E-state index contributed by atoms with van der Waals surface area (Å²) in [5.41, 5.74) is -0.571. The van der Waals surface area contributed by atoms with Gasteiger partial charge in [-0.1, -0.05) is 0 Å². The van der Waals surface area contributed by atoms with Crippen LogP contribution in [0.2, 0.25) is 0 Å². The highest BCUT2D eigenvalue weighted by molar-refractivity contribution is 7.98. The Balaban J connectivity index is 2.63. The fourth-order valence-corrected chi connectivity index (χ4v) is 2.82. The monoisotopic (exact) mass is 204 g/mol. The van der Waals surface area contributed by atoms with Crippen molar-refractivity contribution in [3.8, 4) is 0 Å². The van der Waals surface area contributed by atoms with Crippen molar-refractivity contribution in [2.75, 3.05) is 12.0 Å². The largest absolute Gasteiger partial charge is 0.481 e. The molecule has 4 heteroatoms. The summed E-state index contributed by atoms with van der Waals surface area (Å²) in [7, 11) is 0. The van der Waals surface area contributed by atoms with Gasteiger partial charge in [-0.2, -0.15) is 11.8 Å². The maximum Gasteiger partial charge on any atom is 0.310 e. The van der Waals surface area contributed by atoms with Crippen LogP contribution in [0.1, 0.15) is 25.7 Å². The number of carboxylic acids is 1. The van der Waals surface area contributed by atoms with Gasteiger partial charge in [-0.25, -0.2) is 0 Å². The Kier molecular flexibility index (Phi) is 3.62. The van der Waals surface area contributed by atoms with Crippen molar-refractivity contribution in [1.29, 1.82) is 0 Å². The molecule has 0 unspecified atom stereocenters. The van der Waals surface area contributed by atoms with Gasteiger partial charge in [0.2, 0.25) is 0 Å². The van der Waals surface area contributed by atoms with E-state index < -0.39 is 11.4 Å². The normalized spacial score (nSPS) is 34.5. The minimum atomic E-state index is -0.700. The highest BCUT2D eigenvalue weighted by Crippen LogP contribution is 2.38. The average molecular weight is 204 g/mol. The summed E-state index contributed by atoms with van der Waals surface area (Å²) in [6.45, 7) is 0. The molecule has 3 nitrogen and oxygen atoms in total. The zero-order chi connectivity index (χ0) is 9.90. The molecule has 0 aromatic carbocycles.